The van der Waals surface area contributed by atoms with Gasteiger partial charge >= 0.3 is 0 Å². The molecule has 2 atom stereocenters. The lowest BCUT2D eigenvalue weighted by molar-refractivity contribution is 0.189. The molecule has 72 valence electrons. The van der Waals surface area contributed by atoms with Crippen molar-refractivity contribution in [2.45, 2.75) is 22.5 Å². The van der Waals surface area contributed by atoms with E-state index in [0.717, 1.165) is 18.2 Å². The number of aliphatic hydroxyl groups excluding tert-OH is 1. The van der Waals surface area contributed by atoms with Crippen molar-refractivity contribution in [3.63, 3.8) is 0 Å². The van der Waals surface area contributed by atoms with Crippen LogP contribution in [0.5, 0.6) is 0 Å². The average Bonchev–Trinajstić information content (AvgIpc) is 1.98. The summed E-state index contributed by atoms with van der Waals surface area (Å²) in [4.78, 5) is 0.186. The number of allylic oxidation sites excluding steroid dienone is 1. The Morgan fingerprint density at radius 3 is 2.33 bits per heavy atom. The molecule has 0 aliphatic rings. The van der Waals surface area contributed by atoms with Gasteiger partial charge in [0.2, 0.25) is 0 Å². The van der Waals surface area contributed by atoms with Gasteiger partial charge in [-0.15, -0.1) is 0 Å². The van der Waals surface area contributed by atoms with Gasteiger partial charge in [-0.25, -0.2) is 0 Å². The van der Waals surface area contributed by atoms with Gasteiger partial charge in [-0.2, -0.15) is 0 Å². The van der Waals surface area contributed by atoms with E-state index in [1.807, 2.05) is 0 Å². The molecule has 2 N–H and O–H groups in total. The molecule has 0 radical (unpaired) electrons. The number of rotatable bonds is 5. The van der Waals surface area contributed by atoms with Crippen molar-refractivity contribution in [2.24, 2.45) is 0 Å². The van der Waals surface area contributed by atoms with Gasteiger partial charge in [0.15, 0.2) is 0 Å². The van der Waals surface area contributed by atoms with Crippen LogP contribution in [-0.2, 0) is 0 Å². The van der Waals surface area contributed by atoms with Crippen molar-refractivity contribution in [1.82, 2.24) is 0 Å². The summed E-state index contributed by atoms with van der Waals surface area (Å²) in [5.41, 5.74) is 0. The van der Waals surface area contributed by atoms with E-state index in [9.17, 15) is 0 Å². The van der Waals surface area contributed by atoms with Gasteiger partial charge in [-0.1, -0.05) is 47.8 Å². The van der Waals surface area contributed by atoms with E-state index >= 15 is 0 Å². The van der Waals surface area contributed by atoms with Crippen LogP contribution in [-0.4, -0.2) is 25.2 Å². The minimum absolute atomic E-state index is 0.0402. The molecule has 0 aliphatic carbocycles. The Bertz CT molecular complexity index is 146. The lowest BCUT2D eigenvalue weighted by atomic mass is 10.2. The molecule has 2 nitrogen and oxygen atoms in total. The number of aliphatic hydroxyl groups is 2. The maximum atomic E-state index is 8.55. The van der Waals surface area contributed by atoms with Gasteiger partial charge < -0.3 is 10.2 Å². The molecule has 0 aromatic carbocycles. The van der Waals surface area contributed by atoms with Gasteiger partial charge in [0.25, 0.3) is 5.95 Å². The number of halogens is 3. The molecule has 0 rings (SSSR count). The normalized spacial score (nSPS) is 15.2. The second-order valence-corrected chi connectivity index (χ2v) is 5.34. The van der Waals surface area contributed by atoms with Gasteiger partial charge in [0, 0.05) is 16.2 Å². The lowest BCUT2D eigenvalue weighted by Crippen LogP contribution is -2.12. The Morgan fingerprint density at radius 1 is 1.33 bits per heavy atom. The molecule has 0 amide bonds. The van der Waals surface area contributed by atoms with E-state index in [1.54, 1.807) is 0 Å². The van der Waals surface area contributed by atoms with Crippen molar-refractivity contribution in [3.05, 3.63) is 12.0 Å². The second-order valence-electron chi connectivity index (χ2n) is 2.32. The van der Waals surface area contributed by atoms with Crippen LogP contribution in [0.2, 0.25) is 0 Å². The first-order chi connectivity index (χ1) is 5.57. The first kappa shape index (κ1) is 12.8. The minimum atomic E-state index is -0.639. The summed E-state index contributed by atoms with van der Waals surface area (Å²) in [5, 5.41) is 18.1. The summed E-state index contributed by atoms with van der Waals surface area (Å²) in [6.07, 6.45) is 3.39. The maximum absolute atomic E-state index is 8.55. The molecule has 0 saturated carbocycles. The van der Waals surface area contributed by atoms with Crippen LogP contribution in [0.4, 0.5) is 0 Å². The van der Waals surface area contributed by atoms with Crippen molar-refractivity contribution in [3.8, 4) is 0 Å². The zero-order valence-corrected chi connectivity index (χ0v) is 11.1. The van der Waals surface area contributed by atoms with Crippen LogP contribution in [0, 0.1) is 0 Å². The van der Waals surface area contributed by atoms with E-state index in [1.165, 1.54) is 6.08 Å². The Labute approximate surface area is 97.4 Å². The van der Waals surface area contributed by atoms with Crippen LogP contribution in [0.15, 0.2) is 12.0 Å². The molecule has 0 fully saturated rings. The SMILES string of the molecule is OC(O)=CC(Br)C(Br)CCCBr. The fourth-order valence-electron chi connectivity index (χ4n) is 0.678. The predicted octanol–water partition coefficient (Wildman–Crippen LogP) is 3.65. The molecule has 0 spiro atoms. The lowest BCUT2D eigenvalue weighted by Gasteiger charge is -2.11. The zero-order chi connectivity index (χ0) is 9.56. The molecule has 0 saturated heterocycles. The van der Waals surface area contributed by atoms with Crippen LogP contribution in [0.3, 0.4) is 0 Å². The van der Waals surface area contributed by atoms with Gasteiger partial charge in [0.1, 0.15) is 0 Å². The summed E-state index contributed by atoms with van der Waals surface area (Å²) in [6, 6.07) is 0. The van der Waals surface area contributed by atoms with E-state index in [4.69, 9.17) is 10.2 Å². The quantitative estimate of drug-likeness (QED) is 0.576. The summed E-state index contributed by atoms with van der Waals surface area (Å²) in [7, 11) is 0. The molecule has 0 aromatic heterocycles. The van der Waals surface area contributed by atoms with Crippen molar-refractivity contribution in [2.75, 3.05) is 5.33 Å². The van der Waals surface area contributed by atoms with Crippen LogP contribution in [0.25, 0.3) is 0 Å². The summed E-state index contributed by atoms with van der Waals surface area (Å²) < 4.78 is 0. The van der Waals surface area contributed by atoms with Gasteiger partial charge in [0.05, 0.1) is 4.83 Å². The number of hydrogen-bond donors (Lipinski definition) is 2. The smallest absolute Gasteiger partial charge is 0.271 e. The second kappa shape index (κ2) is 7.21. The van der Waals surface area contributed by atoms with Crippen molar-refractivity contribution in [1.29, 1.82) is 0 Å². The highest BCUT2D eigenvalue weighted by Gasteiger charge is 2.13. The zero-order valence-electron chi connectivity index (χ0n) is 6.38. The molecule has 0 aromatic rings. The largest absolute Gasteiger partial charge is 0.481 e. The van der Waals surface area contributed by atoms with Crippen molar-refractivity contribution >= 4 is 47.8 Å². The highest BCUT2D eigenvalue weighted by Crippen LogP contribution is 2.21. The Balaban J connectivity index is 3.76. The third-order valence-corrected chi connectivity index (χ3v) is 4.47. The molecule has 12 heavy (non-hydrogen) atoms. The van der Waals surface area contributed by atoms with Crippen LogP contribution in [0.1, 0.15) is 12.8 Å². The van der Waals surface area contributed by atoms with E-state index in [-0.39, 0.29) is 9.65 Å². The van der Waals surface area contributed by atoms with E-state index in [0.29, 0.717) is 0 Å². The topological polar surface area (TPSA) is 40.5 Å². The van der Waals surface area contributed by atoms with E-state index in [2.05, 4.69) is 47.8 Å². The van der Waals surface area contributed by atoms with E-state index < -0.39 is 5.95 Å². The highest BCUT2D eigenvalue weighted by molar-refractivity contribution is 9.12. The standard InChI is InChI=1S/C7H11Br3O2/c8-3-1-2-5(9)6(10)4-7(11)12/h4-6,11-12H,1-3H2. The van der Waals surface area contributed by atoms with Crippen LogP contribution >= 0.6 is 47.8 Å². The molecule has 5 heteroatoms. The van der Waals surface area contributed by atoms with Gasteiger partial charge in [-0.3, -0.25) is 0 Å². The number of alkyl halides is 3. The molecular weight excluding hydrogens is 356 g/mol. The molecule has 0 aliphatic heterocycles. The maximum Gasteiger partial charge on any atom is 0.271 e. The van der Waals surface area contributed by atoms with Gasteiger partial charge in [-0.05, 0) is 12.8 Å². The average molecular weight is 367 g/mol. The summed E-state index contributed by atoms with van der Waals surface area (Å²) in [5.74, 6) is -0.639. The summed E-state index contributed by atoms with van der Waals surface area (Å²) in [6.45, 7) is 0. The Kier molecular flexibility index (Phi) is 7.68. The predicted molar refractivity (Wildman–Crippen MR) is 61.8 cm³/mol. The molecule has 2 unspecified atom stereocenters. The Morgan fingerprint density at radius 2 is 1.92 bits per heavy atom. The monoisotopic (exact) mass is 364 g/mol. The Hall–Kier alpha value is 0.780. The highest BCUT2D eigenvalue weighted by atomic mass is 79.9. The fraction of sp³-hybridized carbons (Fsp3) is 0.714. The minimum Gasteiger partial charge on any atom is -0.481 e. The third-order valence-electron chi connectivity index (χ3n) is 1.27. The van der Waals surface area contributed by atoms with Crippen molar-refractivity contribution < 1.29 is 10.2 Å². The first-order valence-electron chi connectivity index (χ1n) is 3.51. The molecule has 0 heterocycles. The van der Waals surface area contributed by atoms with Crippen LogP contribution < -0.4 is 0 Å². The number of hydrogen-bond acceptors (Lipinski definition) is 2. The first-order valence-corrected chi connectivity index (χ1v) is 6.47. The molecule has 0 bridgehead atoms. The summed E-state index contributed by atoms with van der Waals surface area (Å²) >= 11 is 10.1. The molecular formula is C7H11Br3O2. The third kappa shape index (κ3) is 6.31. The fourth-order valence-corrected chi connectivity index (χ4v) is 1.98.